The predicted octanol–water partition coefficient (Wildman–Crippen LogP) is 3.94. The van der Waals surface area contributed by atoms with Gasteiger partial charge in [0, 0.05) is 13.1 Å². The number of rotatable bonds is 12. The molecule has 0 unspecified atom stereocenters. The van der Waals surface area contributed by atoms with Gasteiger partial charge in [-0.25, -0.2) is 0 Å². The van der Waals surface area contributed by atoms with Crippen LogP contribution in [-0.2, 0) is 14.6 Å². The molecule has 0 spiro atoms. The molecule has 1 aliphatic heterocycles. The summed E-state index contributed by atoms with van der Waals surface area (Å²) >= 11 is 0. The Morgan fingerprint density at radius 1 is 0.880 bits per heavy atom. The summed E-state index contributed by atoms with van der Waals surface area (Å²) < 4.78 is 29.7. The van der Waals surface area contributed by atoms with Crippen molar-refractivity contribution >= 4 is 10.4 Å². The van der Waals surface area contributed by atoms with Gasteiger partial charge < -0.3 is 0 Å². The molecule has 1 rings (SSSR count). The van der Waals surface area contributed by atoms with Crippen LogP contribution in [0.25, 0.3) is 0 Å². The van der Waals surface area contributed by atoms with Gasteiger partial charge in [0.1, 0.15) is 0 Å². The van der Waals surface area contributed by atoms with E-state index in [1.807, 2.05) is 0 Å². The second kappa shape index (κ2) is 14.9. The lowest BCUT2D eigenvalue weighted by molar-refractivity contribution is 0.171. The molecule has 0 aromatic rings. The van der Waals surface area contributed by atoms with Gasteiger partial charge in [0.2, 0.25) is 0 Å². The quantitative estimate of drug-likeness (QED) is 0.408. The Hall–Kier alpha value is -0.210. The fourth-order valence-corrected chi connectivity index (χ4v) is 3.21. The van der Waals surface area contributed by atoms with Crippen molar-refractivity contribution in [2.24, 2.45) is 0 Å². The van der Waals surface area contributed by atoms with Gasteiger partial charge in [-0.1, -0.05) is 71.1 Å². The Balaban J connectivity index is 0.000000823. The molecule has 0 atom stereocenters. The molecule has 7 heteroatoms. The molecule has 152 valence electrons. The smallest absolute Gasteiger partial charge is 0.290 e. The maximum Gasteiger partial charge on any atom is 0.397 e. The number of hydrogen-bond acceptors (Lipinski definition) is 5. The summed E-state index contributed by atoms with van der Waals surface area (Å²) in [5.74, 6) is 0. The Kier molecular flexibility index (Phi) is 14.8. The molecule has 0 amide bonds. The van der Waals surface area contributed by atoms with Gasteiger partial charge in [-0.2, -0.15) is 8.42 Å². The van der Waals surface area contributed by atoms with Crippen LogP contribution >= 0.6 is 0 Å². The maximum absolute atomic E-state index is 9.33. The Morgan fingerprint density at radius 3 is 1.60 bits per heavy atom. The molecule has 1 N–H and O–H groups in total. The first-order chi connectivity index (χ1) is 11.8. The van der Waals surface area contributed by atoms with Crippen LogP contribution in [0.1, 0.15) is 77.6 Å². The van der Waals surface area contributed by atoms with Gasteiger partial charge in [-0.05, 0) is 20.5 Å². The van der Waals surface area contributed by atoms with E-state index in [2.05, 4.69) is 35.0 Å². The van der Waals surface area contributed by atoms with Gasteiger partial charge in [-0.3, -0.25) is 18.5 Å². The monoisotopic (exact) mass is 380 g/mol. The SMILES string of the molecule is CCCCCCCCCCCCC1N(C)CCN1C.COS(=O)(=O)O. The third kappa shape index (κ3) is 14.6. The molecule has 1 aliphatic rings. The van der Waals surface area contributed by atoms with Crippen LogP contribution in [0.4, 0.5) is 0 Å². The zero-order valence-electron chi connectivity index (χ0n) is 16.7. The number of likely N-dealkylation sites (N-methyl/N-ethyl adjacent to an activating group) is 2. The van der Waals surface area contributed by atoms with Crippen LogP contribution in [0.3, 0.4) is 0 Å². The van der Waals surface area contributed by atoms with Crippen LogP contribution < -0.4 is 0 Å². The van der Waals surface area contributed by atoms with E-state index < -0.39 is 10.4 Å². The lowest BCUT2D eigenvalue weighted by Crippen LogP contribution is -2.34. The summed E-state index contributed by atoms with van der Waals surface area (Å²) in [4.78, 5) is 5.02. The normalized spacial score (nSPS) is 16.8. The van der Waals surface area contributed by atoms with E-state index in [4.69, 9.17) is 4.55 Å². The molecule has 0 bridgehead atoms. The molecule has 0 radical (unpaired) electrons. The summed E-state index contributed by atoms with van der Waals surface area (Å²) in [5, 5.41) is 0. The van der Waals surface area contributed by atoms with Gasteiger partial charge in [0.25, 0.3) is 0 Å². The molecule has 25 heavy (non-hydrogen) atoms. The standard InChI is InChI=1S/C17H36N2.CH4O4S/c1-4-5-6-7-8-9-10-11-12-13-14-17-18(2)15-16-19(17)3;1-5-6(2,3)4/h17H,4-16H2,1-3H3;1H3,(H,2,3,4). The highest BCUT2D eigenvalue weighted by atomic mass is 32.3. The maximum atomic E-state index is 9.33. The topological polar surface area (TPSA) is 70.1 Å². The molecule has 1 fully saturated rings. The largest absolute Gasteiger partial charge is 0.397 e. The fraction of sp³-hybridized carbons (Fsp3) is 1.00. The minimum atomic E-state index is -4.16. The van der Waals surface area contributed by atoms with Crippen molar-refractivity contribution in [3.05, 3.63) is 0 Å². The summed E-state index contributed by atoms with van der Waals surface area (Å²) in [6.45, 7) is 4.79. The third-order valence-electron chi connectivity index (χ3n) is 4.85. The van der Waals surface area contributed by atoms with Crippen LogP contribution in [0.15, 0.2) is 0 Å². The zero-order chi connectivity index (χ0) is 19.1. The van der Waals surface area contributed by atoms with Crippen molar-refractivity contribution in [1.82, 2.24) is 9.80 Å². The molecule has 1 saturated heterocycles. The molecule has 0 aliphatic carbocycles. The molecule has 0 aromatic heterocycles. The van der Waals surface area contributed by atoms with Crippen molar-refractivity contribution < 1.29 is 17.2 Å². The molecular formula is C18H40N2O4S. The van der Waals surface area contributed by atoms with Crippen molar-refractivity contribution in [2.45, 2.75) is 83.7 Å². The van der Waals surface area contributed by atoms with E-state index in [1.165, 1.54) is 83.7 Å². The van der Waals surface area contributed by atoms with E-state index in [9.17, 15) is 8.42 Å². The molecular weight excluding hydrogens is 340 g/mol. The zero-order valence-corrected chi connectivity index (χ0v) is 17.6. The van der Waals surface area contributed by atoms with Crippen LogP contribution in [0.2, 0.25) is 0 Å². The van der Waals surface area contributed by atoms with E-state index >= 15 is 0 Å². The second-order valence-corrected chi connectivity index (χ2v) is 8.20. The average Bonchev–Trinajstić information content (AvgIpc) is 2.88. The Bertz CT molecular complexity index is 394. The number of hydrogen-bond donors (Lipinski definition) is 1. The third-order valence-corrected chi connectivity index (χ3v) is 5.27. The lowest BCUT2D eigenvalue weighted by Gasteiger charge is -2.24. The molecule has 0 aromatic carbocycles. The number of nitrogens with zero attached hydrogens (tertiary/aromatic N) is 2. The predicted molar refractivity (Wildman–Crippen MR) is 104 cm³/mol. The highest BCUT2D eigenvalue weighted by Gasteiger charge is 2.24. The van der Waals surface area contributed by atoms with Gasteiger partial charge >= 0.3 is 10.4 Å². The highest BCUT2D eigenvalue weighted by molar-refractivity contribution is 7.80. The van der Waals surface area contributed by atoms with Crippen LogP contribution in [0.5, 0.6) is 0 Å². The first-order valence-corrected chi connectivity index (χ1v) is 11.1. The van der Waals surface area contributed by atoms with Crippen molar-refractivity contribution in [2.75, 3.05) is 34.3 Å². The van der Waals surface area contributed by atoms with Crippen molar-refractivity contribution in [3.8, 4) is 0 Å². The number of unbranched alkanes of at least 4 members (excludes halogenated alkanes) is 9. The summed E-state index contributed by atoms with van der Waals surface area (Å²) in [5.41, 5.74) is 0. The summed E-state index contributed by atoms with van der Waals surface area (Å²) in [7, 11) is 1.24. The van der Waals surface area contributed by atoms with E-state index in [0.29, 0.717) is 6.17 Å². The average molecular weight is 381 g/mol. The second-order valence-electron chi connectivity index (χ2n) is 7.01. The minimum Gasteiger partial charge on any atom is -0.290 e. The minimum absolute atomic E-state index is 0.717. The van der Waals surface area contributed by atoms with Gasteiger partial charge in [-0.15, -0.1) is 0 Å². The molecule has 0 saturated carbocycles. The van der Waals surface area contributed by atoms with Crippen molar-refractivity contribution in [3.63, 3.8) is 0 Å². The van der Waals surface area contributed by atoms with Crippen LogP contribution in [-0.4, -0.2) is 63.2 Å². The fourth-order valence-electron chi connectivity index (χ4n) is 3.21. The Morgan fingerprint density at radius 2 is 1.24 bits per heavy atom. The molecule has 6 nitrogen and oxygen atoms in total. The Labute approximate surface area is 155 Å². The highest BCUT2D eigenvalue weighted by Crippen LogP contribution is 2.18. The summed E-state index contributed by atoms with van der Waals surface area (Å²) in [6.07, 6.45) is 16.5. The van der Waals surface area contributed by atoms with E-state index in [0.717, 1.165) is 7.11 Å². The van der Waals surface area contributed by atoms with Crippen molar-refractivity contribution in [1.29, 1.82) is 0 Å². The van der Waals surface area contributed by atoms with Gasteiger partial charge in [0.05, 0.1) is 13.3 Å². The molecule has 1 heterocycles. The first-order valence-electron chi connectivity index (χ1n) is 9.75. The van der Waals surface area contributed by atoms with Crippen LogP contribution in [0, 0.1) is 0 Å². The van der Waals surface area contributed by atoms with E-state index in [-0.39, 0.29) is 0 Å². The lowest BCUT2D eigenvalue weighted by atomic mass is 10.1. The van der Waals surface area contributed by atoms with E-state index in [1.54, 1.807) is 0 Å². The van der Waals surface area contributed by atoms with Gasteiger partial charge in [0.15, 0.2) is 0 Å². The summed E-state index contributed by atoms with van der Waals surface area (Å²) in [6, 6.07) is 0. The first kappa shape index (κ1) is 24.8.